The lowest BCUT2D eigenvalue weighted by atomic mass is 9.33. The van der Waals surface area contributed by atoms with Crippen LogP contribution >= 0.6 is 0 Å². The molecule has 0 aromatic carbocycles. The molecule has 0 unspecified atom stereocenters. The molecule has 4 rings (SSSR count). The van der Waals surface area contributed by atoms with Gasteiger partial charge in [0.05, 0.1) is 11.1 Å². The number of nitrogens with two attached hydrogens (primary N) is 1. The maximum absolute atomic E-state index is 12.7. The molecule has 1 aromatic rings. The minimum atomic E-state index is -4.22. The summed E-state index contributed by atoms with van der Waals surface area (Å²) in [5, 5.41) is 0. The largest absolute Gasteiger partial charge is 0.394 e. The highest BCUT2D eigenvalue weighted by molar-refractivity contribution is 6.04. The first-order valence-electron chi connectivity index (χ1n) is 5.90. The minimum Gasteiger partial charge on any atom is -0.382 e. The van der Waals surface area contributed by atoms with Gasteiger partial charge in [-0.3, -0.25) is 4.79 Å². The third kappa shape index (κ3) is 1.44. The Morgan fingerprint density at radius 1 is 1.37 bits per heavy atom. The Morgan fingerprint density at radius 2 is 1.95 bits per heavy atom. The van der Waals surface area contributed by atoms with Crippen LogP contribution in [0.3, 0.4) is 0 Å². The van der Waals surface area contributed by atoms with Gasteiger partial charge in [-0.1, -0.05) is 0 Å². The number of nitrogen functional groups attached to an aromatic ring is 1. The van der Waals surface area contributed by atoms with Crippen molar-refractivity contribution in [2.45, 2.75) is 32.4 Å². The summed E-state index contributed by atoms with van der Waals surface area (Å²) in [5.74, 6) is -0.403. The Balaban J connectivity index is 1.82. The van der Waals surface area contributed by atoms with E-state index in [1.807, 2.05) is 0 Å². The molecule has 2 N–H and O–H groups in total. The molecule has 0 spiro atoms. The van der Waals surface area contributed by atoms with Crippen molar-refractivity contribution in [3.63, 3.8) is 0 Å². The zero-order valence-electron chi connectivity index (χ0n) is 10.2. The van der Waals surface area contributed by atoms with Gasteiger partial charge in [0.15, 0.2) is 11.6 Å². The van der Waals surface area contributed by atoms with Gasteiger partial charge in [0, 0.05) is 11.6 Å². The molecule has 3 fully saturated rings. The molecule has 4 nitrogen and oxygen atoms in total. The number of aromatic nitrogens is 2. The molecular formula is C12H12F3N3O. The van der Waals surface area contributed by atoms with Crippen molar-refractivity contribution in [1.82, 2.24) is 9.97 Å². The van der Waals surface area contributed by atoms with Crippen molar-refractivity contribution < 1.29 is 18.0 Å². The van der Waals surface area contributed by atoms with Gasteiger partial charge >= 0.3 is 6.18 Å². The van der Waals surface area contributed by atoms with E-state index >= 15 is 0 Å². The monoisotopic (exact) mass is 271 g/mol. The molecule has 0 amide bonds. The number of nitrogens with zero attached hydrogens (tertiary/aromatic N) is 2. The Morgan fingerprint density at radius 3 is 2.42 bits per heavy atom. The molecule has 1 aromatic heterocycles. The third-order valence-electron chi connectivity index (χ3n) is 4.25. The number of alkyl halides is 3. The molecule has 3 aliphatic rings. The second-order valence-corrected chi connectivity index (χ2v) is 5.66. The summed E-state index contributed by atoms with van der Waals surface area (Å²) in [5.41, 5.74) is 3.63. The van der Waals surface area contributed by atoms with Gasteiger partial charge in [-0.25, -0.2) is 9.97 Å². The second kappa shape index (κ2) is 3.26. The predicted molar refractivity (Wildman–Crippen MR) is 60.3 cm³/mol. The lowest BCUT2D eigenvalue weighted by Crippen LogP contribution is -2.71. The second-order valence-electron chi connectivity index (χ2n) is 5.66. The van der Waals surface area contributed by atoms with Crippen LogP contribution in [0.4, 0.5) is 19.0 Å². The highest BCUT2D eigenvalue weighted by Gasteiger charge is 2.80. The molecule has 0 atom stereocenters. The summed E-state index contributed by atoms with van der Waals surface area (Å²) in [4.78, 5) is 20.1. The third-order valence-corrected chi connectivity index (χ3v) is 4.25. The van der Waals surface area contributed by atoms with Gasteiger partial charge in [0.25, 0.3) is 0 Å². The molecular weight excluding hydrogens is 259 g/mol. The molecule has 0 saturated heterocycles. The molecule has 1 heterocycles. The van der Waals surface area contributed by atoms with Crippen LogP contribution in [0.25, 0.3) is 0 Å². The average Bonchev–Trinajstić information content (AvgIpc) is 2.09. The van der Waals surface area contributed by atoms with Gasteiger partial charge in [-0.2, -0.15) is 13.2 Å². The number of aryl methyl sites for hydroxylation is 1. The first kappa shape index (κ1) is 12.4. The van der Waals surface area contributed by atoms with E-state index in [2.05, 4.69) is 9.97 Å². The summed E-state index contributed by atoms with van der Waals surface area (Å²) >= 11 is 0. The Bertz CT molecular complexity index is 562. The number of Topliss-reactive ketones (excluding diaryl/α,β-unsaturated/α-hetero) is 1. The van der Waals surface area contributed by atoms with Crippen LogP contribution in [-0.2, 0) is 0 Å². The molecule has 2 bridgehead atoms. The molecule has 19 heavy (non-hydrogen) atoms. The highest BCUT2D eigenvalue weighted by Crippen LogP contribution is 2.79. The van der Waals surface area contributed by atoms with Gasteiger partial charge in [-0.05, 0) is 26.2 Å². The number of rotatable bonds is 2. The summed E-state index contributed by atoms with van der Waals surface area (Å²) in [6, 6.07) is 0. The summed E-state index contributed by atoms with van der Waals surface area (Å²) in [6.45, 7) is 1.68. The van der Waals surface area contributed by atoms with Crippen LogP contribution in [0.2, 0.25) is 0 Å². The van der Waals surface area contributed by atoms with E-state index in [-0.39, 0.29) is 30.8 Å². The minimum absolute atomic E-state index is 0.000995. The Labute approximate surface area is 107 Å². The zero-order chi connectivity index (χ0) is 14.1. The fraction of sp³-hybridized carbons (Fsp3) is 0.583. The Hall–Kier alpha value is -1.66. The molecule has 3 saturated carbocycles. The molecule has 0 radical (unpaired) electrons. The molecule has 0 aliphatic heterocycles. The van der Waals surface area contributed by atoms with Crippen LogP contribution in [0, 0.1) is 17.8 Å². The molecule has 102 valence electrons. The maximum atomic E-state index is 12.7. The number of anilines is 1. The van der Waals surface area contributed by atoms with Crippen molar-refractivity contribution in [3.8, 4) is 0 Å². The van der Waals surface area contributed by atoms with Gasteiger partial charge in [-0.15, -0.1) is 0 Å². The van der Waals surface area contributed by atoms with Crippen molar-refractivity contribution in [3.05, 3.63) is 17.6 Å². The Kier molecular flexibility index (Phi) is 2.12. The van der Waals surface area contributed by atoms with Crippen molar-refractivity contribution in [2.24, 2.45) is 10.8 Å². The lowest BCUT2D eigenvalue weighted by molar-refractivity contribution is -0.346. The maximum Gasteiger partial charge on any atom is 0.394 e. The van der Waals surface area contributed by atoms with Crippen LogP contribution in [0.5, 0.6) is 0 Å². The van der Waals surface area contributed by atoms with Gasteiger partial charge in [0.1, 0.15) is 5.69 Å². The number of carbonyl (C=O) groups excluding carboxylic acids is 1. The van der Waals surface area contributed by atoms with E-state index in [0.29, 0.717) is 5.69 Å². The number of ketones is 1. The van der Waals surface area contributed by atoms with E-state index < -0.39 is 22.8 Å². The standard InChI is InChI=1S/C12H12F3N3O/c1-6-2-17-7(9(16)18-6)8(19)10-3-11(4-10,5-10)12(13,14)15/h2H,3-5H2,1H3,(H2,16,18). The summed E-state index contributed by atoms with van der Waals surface area (Å²) in [7, 11) is 0. The van der Waals surface area contributed by atoms with E-state index in [0.717, 1.165) is 0 Å². The van der Waals surface area contributed by atoms with E-state index in [9.17, 15) is 18.0 Å². The normalized spacial score (nSPS) is 32.4. The molecule has 3 aliphatic carbocycles. The van der Waals surface area contributed by atoms with E-state index in [4.69, 9.17) is 5.73 Å². The van der Waals surface area contributed by atoms with Crippen molar-refractivity contribution in [2.75, 3.05) is 5.73 Å². The van der Waals surface area contributed by atoms with Crippen molar-refractivity contribution >= 4 is 11.6 Å². The quantitative estimate of drug-likeness (QED) is 0.838. The predicted octanol–water partition coefficient (Wildman–Crippen LogP) is 2.28. The average molecular weight is 271 g/mol. The van der Waals surface area contributed by atoms with Crippen LogP contribution in [-0.4, -0.2) is 21.9 Å². The lowest BCUT2D eigenvalue weighted by Gasteiger charge is -2.69. The molecule has 7 heteroatoms. The van der Waals surface area contributed by atoms with E-state index in [1.54, 1.807) is 6.92 Å². The van der Waals surface area contributed by atoms with Gasteiger partial charge in [0.2, 0.25) is 0 Å². The number of carbonyl (C=O) groups is 1. The zero-order valence-corrected chi connectivity index (χ0v) is 10.2. The first-order valence-corrected chi connectivity index (χ1v) is 5.90. The summed E-state index contributed by atoms with van der Waals surface area (Å²) < 4.78 is 38.2. The fourth-order valence-electron chi connectivity index (χ4n) is 3.25. The van der Waals surface area contributed by atoms with E-state index in [1.165, 1.54) is 6.20 Å². The SMILES string of the molecule is Cc1cnc(C(=O)C23CC(C(F)(F)F)(C2)C3)c(N)n1. The summed E-state index contributed by atoms with van der Waals surface area (Å²) in [6.07, 6.45) is -3.25. The number of halogens is 3. The first-order chi connectivity index (χ1) is 8.69. The fourth-order valence-corrected chi connectivity index (χ4v) is 3.25. The van der Waals surface area contributed by atoms with Crippen LogP contribution in [0.1, 0.15) is 35.4 Å². The number of hydrogen-bond acceptors (Lipinski definition) is 4. The highest BCUT2D eigenvalue weighted by atomic mass is 19.4. The van der Waals surface area contributed by atoms with Gasteiger partial charge < -0.3 is 5.73 Å². The smallest absolute Gasteiger partial charge is 0.382 e. The van der Waals surface area contributed by atoms with Crippen LogP contribution in [0.15, 0.2) is 6.20 Å². The van der Waals surface area contributed by atoms with Crippen molar-refractivity contribution in [1.29, 1.82) is 0 Å². The number of hydrogen-bond donors (Lipinski definition) is 1. The topological polar surface area (TPSA) is 68.9 Å². The van der Waals surface area contributed by atoms with Crippen LogP contribution < -0.4 is 5.73 Å².